The van der Waals surface area contributed by atoms with E-state index < -0.39 is 4.92 Å². The summed E-state index contributed by atoms with van der Waals surface area (Å²) in [5, 5.41) is 20.0. The van der Waals surface area contributed by atoms with Crippen molar-refractivity contribution < 1.29 is 9.66 Å². The molecule has 2 rings (SSSR count). The molecule has 0 fully saturated rings. The summed E-state index contributed by atoms with van der Waals surface area (Å²) in [4.78, 5) is 10.5. The van der Waals surface area contributed by atoms with E-state index in [0.717, 1.165) is 0 Å². The Morgan fingerprint density at radius 1 is 1.10 bits per heavy atom. The number of ether oxygens (including phenoxy) is 1. The molecule has 0 atom stereocenters. The molecule has 0 aliphatic rings. The van der Waals surface area contributed by atoms with Crippen LogP contribution < -0.4 is 4.74 Å². The number of hydrogen-bond donors (Lipinski definition) is 0. The molecule has 0 radical (unpaired) electrons. The van der Waals surface area contributed by atoms with Crippen LogP contribution in [0.3, 0.4) is 0 Å². The average Bonchev–Trinajstić information content (AvgIpc) is 2.41. The molecule has 0 amide bonds. The summed E-state index contributed by atoms with van der Waals surface area (Å²) >= 11 is 6.44. The molecule has 0 saturated carbocycles. The fourth-order valence-corrected chi connectivity index (χ4v) is 2.20. The van der Waals surface area contributed by atoms with Crippen molar-refractivity contribution in [2.45, 2.75) is 0 Å². The van der Waals surface area contributed by atoms with Crippen LogP contribution in [0.15, 0.2) is 45.3 Å². The van der Waals surface area contributed by atoms with Gasteiger partial charge in [-0.1, -0.05) is 31.9 Å². The number of halogens is 2. The molecule has 0 saturated heterocycles. The minimum atomic E-state index is -0.538. The van der Waals surface area contributed by atoms with Crippen LogP contribution in [0.2, 0.25) is 0 Å². The number of nitro benzene ring substituents is 1. The van der Waals surface area contributed by atoms with Gasteiger partial charge in [0.25, 0.3) is 0 Å². The molecule has 2 aromatic rings. The Morgan fingerprint density at radius 3 is 2.40 bits per heavy atom. The van der Waals surface area contributed by atoms with Gasteiger partial charge in [-0.2, -0.15) is 5.26 Å². The first-order chi connectivity index (χ1) is 9.51. The van der Waals surface area contributed by atoms with Crippen molar-refractivity contribution in [1.82, 2.24) is 0 Å². The van der Waals surface area contributed by atoms with E-state index in [4.69, 9.17) is 10.00 Å². The maximum absolute atomic E-state index is 11.0. The van der Waals surface area contributed by atoms with Crippen molar-refractivity contribution in [1.29, 1.82) is 5.26 Å². The molecule has 0 aliphatic heterocycles. The van der Waals surface area contributed by atoms with Crippen molar-refractivity contribution in [3.63, 3.8) is 0 Å². The predicted molar refractivity (Wildman–Crippen MR) is 79.7 cm³/mol. The highest BCUT2D eigenvalue weighted by atomic mass is 79.9. The molecule has 0 spiro atoms. The minimum absolute atomic E-state index is 0.0767. The van der Waals surface area contributed by atoms with Crippen LogP contribution in [0, 0.1) is 21.4 Å². The maximum Gasteiger partial charge on any atom is 0.312 e. The van der Waals surface area contributed by atoms with E-state index in [9.17, 15) is 10.1 Å². The van der Waals surface area contributed by atoms with Gasteiger partial charge in [-0.05, 0) is 30.3 Å². The number of benzene rings is 2. The largest absolute Gasteiger partial charge is 0.449 e. The molecule has 0 heterocycles. The van der Waals surface area contributed by atoms with E-state index in [1.807, 2.05) is 6.07 Å². The van der Waals surface area contributed by atoms with Gasteiger partial charge in [-0.15, -0.1) is 0 Å². The first kappa shape index (κ1) is 14.5. The second-order valence-electron chi connectivity index (χ2n) is 3.72. The van der Waals surface area contributed by atoms with Crippen LogP contribution in [0.4, 0.5) is 5.69 Å². The lowest BCUT2D eigenvalue weighted by atomic mass is 10.2. The summed E-state index contributed by atoms with van der Waals surface area (Å²) in [6.07, 6.45) is 0. The first-order valence-corrected chi connectivity index (χ1v) is 6.91. The van der Waals surface area contributed by atoms with Gasteiger partial charge in [-0.3, -0.25) is 10.1 Å². The Bertz CT molecular complexity index is 726. The highest BCUT2D eigenvalue weighted by Crippen LogP contribution is 2.35. The van der Waals surface area contributed by atoms with Gasteiger partial charge in [0.2, 0.25) is 5.75 Å². The predicted octanol–water partition coefficient (Wildman–Crippen LogP) is 4.78. The zero-order valence-corrected chi connectivity index (χ0v) is 13.0. The lowest BCUT2D eigenvalue weighted by Gasteiger charge is -2.08. The number of nitriles is 1. The van der Waals surface area contributed by atoms with Crippen molar-refractivity contribution >= 4 is 37.5 Å². The molecule has 0 N–H and O–H groups in total. The Hall–Kier alpha value is -1.91. The zero-order chi connectivity index (χ0) is 14.7. The lowest BCUT2D eigenvalue weighted by Crippen LogP contribution is -1.95. The first-order valence-electron chi connectivity index (χ1n) is 5.32. The van der Waals surface area contributed by atoms with Crippen LogP contribution in [0.25, 0.3) is 0 Å². The maximum atomic E-state index is 11.0. The molecule has 0 aliphatic carbocycles. The van der Waals surface area contributed by atoms with Gasteiger partial charge in [0, 0.05) is 15.0 Å². The number of rotatable bonds is 3. The molecular formula is C13H6Br2N2O3. The normalized spacial score (nSPS) is 9.85. The fourth-order valence-electron chi connectivity index (χ4n) is 1.51. The molecular weight excluding hydrogens is 392 g/mol. The van der Waals surface area contributed by atoms with E-state index in [-0.39, 0.29) is 17.2 Å². The lowest BCUT2D eigenvalue weighted by molar-refractivity contribution is -0.385. The van der Waals surface area contributed by atoms with E-state index in [1.54, 1.807) is 24.3 Å². The van der Waals surface area contributed by atoms with Gasteiger partial charge < -0.3 is 4.74 Å². The average molecular weight is 398 g/mol. The minimum Gasteiger partial charge on any atom is -0.449 e. The van der Waals surface area contributed by atoms with Crippen LogP contribution >= 0.6 is 31.9 Å². The fraction of sp³-hybridized carbons (Fsp3) is 0. The van der Waals surface area contributed by atoms with Crippen LogP contribution in [0.5, 0.6) is 11.5 Å². The number of hydrogen-bond acceptors (Lipinski definition) is 4. The van der Waals surface area contributed by atoms with Gasteiger partial charge in [-0.25, -0.2) is 0 Å². The van der Waals surface area contributed by atoms with Crippen molar-refractivity contribution in [2.75, 3.05) is 0 Å². The highest BCUT2D eigenvalue weighted by Gasteiger charge is 2.17. The molecule has 20 heavy (non-hydrogen) atoms. The summed E-state index contributed by atoms with van der Waals surface area (Å²) in [6, 6.07) is 11.3. The van der Waals surface area contributed by atoms with Gasteiger partial charge in [0.05, 0.1) is 10.5 Å². The molecule has 2 aromatic carbocycles. The van der Waals surface area contributed by atoms with Crippen molar-refractivity contribution in [3.8, 4) is 17.6 Å². The van der Waals surface area contributed by atoms with E-state index >= 15 is 0 Å². The number of nitrogens with zero attached hydrogens (tertiary/aromatic N) is 2. The molecule has 0 bridgehead atoms. The highest BCUT2D eigenvalue weighted by molar-refractivity contribution is 9.10. The summed E-state index contributed by atoms with van der Waals surface area (Å²) in [6.45, 7) is 0. The third-order valence-corrected chi connectivity index (χ3v) is 3.39. The smallest absolute Gasteiger partial charge is 0.312 e. The molecule has 0 unspecified atom stereocenters. The van der Waals surface area contributed by atoms with Crippen LogP contribution in [0.1, 0.15) is 5.56 Å². The molecule has 5 nitrogen and oxygen atoms in total. The third-order valence-electron chi connectivity index (χ3n) is 2.40. The Balaban J connectivity index is 2.48. The number of nitro groups is 1. The van der Waals surface area contributed by atoms with Crippen molar-refractivity contribution in [3.05, 3.63) is 61.0 Å². The van der Waals surface area contributed by atoms with E-state index in [2.05, 4.69) is 31.9 Å². The molecule has 0 aromatic heterocycles. The topological polar surface area (TPSA) is 76.2 Å². The van der Waals surface area contributed by atoms with Gasteiger partial charge in [0.15, 0.2) is 0 Å². The summed E-state index contributed by atoms with van der Waals surface area (Å²) < 4.78 is 6.80. The summed E-state index contributed by atoms with van der Waals surface area (Å²) in [7, 11) is 0. The second-order valence-corrected chi connectivity index (χ2v) is 5.55. The Morgan fingerprint density at radius 2 is 1.75 bits per heavy atom. The van der Waals surface area contributed by atoms with Gasteiger partial charge in [0.1, 0.15) is 11.8 Å². The summed E-state index contributed by atoms with van der Waals surface area (Å²) in [5.74, 6) is 0.333. The molecule has 100 valence electrons. The molecule has 7 heteroatoms. The monoisotopic (exact) mass is 396 g/mol. The standard InChI is InChI=1S/C13H6Br2N2O3/c14-9-3-4-12(11(5-9)17(18)19)20-13-6-10(15)2-1-8(13)7-16/h1-6H. The van der Waals surface area contributed by atoms with Crippen LogP contribution in [-0.4, -0.2) is 4.92 Å². The Kier molecular flexibility index (Phi) is 4.37. The van der Waals surface area contributed by atoms with Gasteiger partial charge >= 0.3 is 5.69 Å². The SMILES string of the molecule is N#Cc1ccc(Br)cc1Oc1ccc(Br)cc1[N+](=O)[O-]. The van der Waals surface area contributed by atoms with E-state index in [1.165, 1.54) is 12.1 Å². The Labute approximate surface area is 131 Å². The van der Waals surface area contributed by atoms with Crippen molar-refractivity contribution in [2.24, 2.45) is 0 Å². The van der Waals surface area contributed by atoms with Crippen LogP contribution in [-0.2, 0) is 0 Å². The quantitative estimate of drug-likeness (QED) is 0.551. The van der Waals surface area contributed by atoms with E-state index in [0.29, 0.717) is 14.5 Å². The third kappa shape index (κ3) is 3.15. The second kappa shape index (κ2) is 6.03. The zero-order valence-electron chi connectivity index (χ0n) is 9.84. The summed E-state index contributed by atoms with van der Waals surface area (Å²) in [5.41, 5.74) is 0.119.